The highest BCUT2D eigenvalue weighted by atomic mass is 16.3. The van der Waals surface area contributed by atoms with Crippen LogP contribution in [0.2, 0.25) is 0 Å². The van der Waals surface area contributed by atoms with E-state index >= 15 is 0 Å². The molecule has 21 heavy (non-hydrogen) atoms. The van der Waals surface area contributed by atoms with Crippen LogP contribution >= 0.6 is 0 Å². The minimum absolute atomic E-state index is 0.328. The molecular weight excluding hydrogens is 260 g/mol. The van der Waals surface area contributed by atoms with Crippen molar-refractivity contribution in [2.75, 3.05) is 6.54 Å². The summed E-state index contributed by atoms with van der Waals surface area (Å²) in [5, 5.41) is 9.27. The van der Waals surface area contributed by atoms with Crippen LogP contribution in [-0.4, -0.2) is 11.4 Å². The van der Waals surface area contributed by atoms with Crippen molar-refractivity contribution in [1.82, 2.24) is 4.90 Å². The second kappa shape index (κ2) is 6.60. The molecule has 2 aromatic rings. The summed E-state index contributed by atoms with van der Waals surface area (Å²) >= 11 is 0. The number of benzene rings is 1. The molecular formula is C18H20N2O. The van der Waals surface area contributed by atoms with Gasteiger partial charge in [0.05, 0.1) is 23.9 Å². The molecule has 1 aliphatic heterocycles. The molecule has 1 aromatic heterocycles. The molecule has 0 N–H and O–H groups in total. The smallest absolute Gasteiger partial charge is 0.120 e. The highest BCUT2D eigenvalue weighted by Crippen LogP contribution is 2.31. The largest absolute Gasteiger partial charge is 0.468 e. The third-order valence-corrected chi connectivity index (χ3v) is 4.25. The highest BCUT2D eigenvalue weighted by molar-refractivity contribution is 5.37. The van der Waals surface area contributed by atoms with Gasteiger partial charge in [-0.3, -0.25) is 4.90 Å². The van der Waals surface area contributed by atoms with Crippen molar-refractivity contribution in [2.24, 2.45) is 0 Å². The topological polar surface area (TPSA) is 40.2 Å². The van der Waals surface area contributed by atoms with Gasteiger partial charge in [0.25, 0.3) is 0 Å². The molecule has 3 heteroatoms. The van der Waals surface area contributed by atoms with Gasteiger partial charge in [-0.25, -0.2) is 0 Å². The van der Waals surface area contributed by atoms with Crippen LogP contribution in [0.5, 0.6) is 0 Å². The molecule has 3 nitrogen and oxygen atoms in total. The van der Waals surface area contributed by atoms with Crippen molar-refractivity contribution in [3.05, 3.63) is 59.5 Å². The zero-order valence-corrected chi connectivity index (χ0v) is 12.2. The monoisotopic (exact) mass is 280 g/mol. The van der Waals surface area contributed by atoms with Crippen LogP contribution in [0.1, 0.15) is 48.6 Å². The molecule has 0 saturated carbocycles. The van der Waals surface area contributed by atoms with E-state index in [1.54, 1.807) is 6.26 Å². The molecule has 1 aliphatic rings. The number of furan rings is 1. The second-order valence-electron chi connectivity index (χ2n) is 5.62. The summed E-state index contributed by atoms with van der Waals surface area (Å²) in [5.74, 6) is 1.05. The van der Waals surface area contributed by atoms with Crippen molar-refractivity contribution in [2.45, 2.75) is 38.3 Å². The standard InChI is InChI=1S/C18H20N2O/c19-13-15-7-3-4-8-16(15)14-20-11-5-1-2-9-17(20)18-10-6-12-21-18/h3-4,6-8,10,12,17H,1-2,5,9,11,14H2/t17-/m0/s1. The van der Waals surface area contributed by atoms with Crippen molar-refractivity contribution in [3.63, 3.8) is 0 Å². The first-order chi connectivity index (χ1) is 10.4. The Kier molecular flexibility index (Phi) is 4.37. The summed E-state index contributed by atoms with van der Waals surface area (Å²) < 4.78 is 5.65. The van der Waals surface area contributed by atoms with Gasteiger partial charge in [0.15, 0.2) is 0 Å². The van der Waals surface area contributed by atoms with Gasteiger partial charge in [-0.2, -0.15) is 5.26 Å². The molecule has 0 radical (unpaired) electrons. The van der Waals surface area contributed by atoms with Gasteiger partial charge in [0.2, 0.25) is 0 Å². The minimum atomic E-state index is 0.328. The second-order valence-corrected chi connectivity index (χ2v) is 5.62. The van der Waals surface area contributed by atoms with Crippen molar-refractivity contribution < 1.29 is 4.42 Å². The zero-order valence-electron chi connectivity index (χ0n) is 12.2. The summed E-state index contributed by atoms with van der Waals surface area (Å²) in [5.41, 5.74) is 1.89. The molecule has 0 bridgehead atoms. The lowest BCUT2D eigenvalue weighted by molar-refractivity contribution is 0.169. The van der Waals surface area contributed by atoms with E-state index in [1.165, 1.54) is 19.3 Å². The summed E-state index contributed by atoms with van der Waals surface area (Å²) in [6, 6.07) is 14.5. The Labute approximate surface area is 125 Å². The Morgan fingerprint density at radius 3 is 2.86 bits per heavy atom. The van der Waals surface area contributed by atoms with E-state index in [-0.39, 0.29) is 0 Å². The van der Waals surface area contributed by atoms with Crippen molar-refractivity contribution in [3.8, 4) is 6.07 Å². The van der Waals surface area contributed by atoms with Gasteiger partial charge < -0.3 is 4.42 Å². The minimum Gasteiger partial charge on any atom is -0.468 e. The Balaban J connectivity index is 1.85. The van der Waals surface area contributed by atoms with Crippen molar-refractivity contribution in [1.29, 1.82) is 5.26 Å². The normalized spacial score (nSPS) is 19.9. The number of nitriles is 1. The van der Waals surface area contributed by atoms with E-state index in [1.807, 2.05) is 24.3 Å². The maximum atomic E-state index is 9.27. The maximum Gasteiger partial charge on any atom is 0.120 e. The number of likely N-dealkylation sites (tertiary alicyclic amines) is 1. The molecule has 108 valence electrons. The lowest BCUT2D eigenvalue weighted by Crippen LogP contribution is -2.28. The molecule has 1 atom stereocenters. The van der Waals surface area contributed by atoms with Crippen LogP contribution in [0.15, 0.2) is 47.1 Å². The van der Waals surface area contributed by atoms with Crippen LogP contribution in [0.4, 0.5) is 0 Å². The average molecular weight is 280 g/mol. The third-order valence-electron chi connectivity index (χ3n) is 4.25. The predicted octanol–water partition coefficient (Wildman–Crippen LogP) is 4.27. The first kappa shape index (κ1) is 13.9. The number of nitrogens with zero attached hydrogens (tertiary/aromatic N) is 2. The van der Waals surface area contributed by atoms with Crippen molar-refractivity contribution >= 4 is 0 Å². The van der Waals surface area contributed by atoms with Gasteiger partial charge in [0.1, 0.15) is 5.76 Å². The lowest BCUT2D eigenvalue weighted by atomic mass is 10.0. The molecule has 1 fully saturated rings. The Bertz CT molecular complexity index is 612. The van der Waals surface area contributed by atoms with Crippen LogP contribution in [0.3, 0.4) is 0 Å². The molecule has 0 unspecified atom stereocenters. The zero-order chi connectivity index (χ0) is 14.5. The van der Waals surface area contributed by atoms with E-state index in [0.29, 0.717) is 6.04 Å². The Hall–Kier alpha value is -2.05. The summed E-state index contributed by atoms with van der Waals surface area (Å²) in [7, 11) is 0. The summed E-state index contributed by atoms with van der Waals surface area (Å²) in [6.45, 7) is 1.88. The number of hydrogen-bond acceptors (Lipinski definition) is 3. The SMILES string of the molecule is N#Cc1ccccc1CN1CCCCC[C@H]1c1ccco1. The fourth-order valence-corrected chi connectivity index (χ4v) is 3.15. The molecule has 1 aromatic carbocycles. The predicted molar refractivity (Wildman–Crippen MR) is 81.5 cm³/mol. The number of rotatable bonds is 3. The van der Waals surface area contributed by atoms with Gasteiger partial charge >= 0.3 is 0 Å². The molecule has 1 saturated heterocycles. The first-order valence-corrected chi connectivity index (χ1v) is 7.64. The van der Waals surface area contributed by atoms with Crippen LogP contribution in [0.25, 0.3) is 0 Å². The Morgan fingerprint density at radius 1 is 1.14 bits per heavy atom. The van der Waals surface area contributed by atoms with Gasteiger partial charge in [-0.1, -0.05) is 31.0 Å². The van der Waals surface area contributed by atoms with Gasteiger partial charge in [-0.15, -0.1) is 0 Å². The van der Waals surface area contributed by atoms with E-state index in [0.717, 1.165) is 36.4 Å². The highest BCUT2D eigenvalue weighted by Gasteiger charge is 2.25. The average Bonchev–Trinajstić information content (AvgIpc) is 2.95. The molecule has 3 rings (SSSR count). The van der Waals surface area contributed by atoms with Gasteiger partial charge in [0, 0.05) is 6.54 Å². The summed E-state index contributed by atoms with van der Waals surface area (Å²) in [6.07, 6.45) is 6.60. The number of hydrogen-bond donors (Lipinski definition) is 0. The van der Waals surface area contributed by atoms with E-state index in [2.05, 4.69) is 23.1 Å². The quantitative estimate of drug-likeness (QED) is 0.843. The fourth-order valence-electron chi connectivity index (χ4n) is 3.15. The van der Waals surface area contributed by atoms with E-state index < -0.39 is 0 Å². The van der Waals surface area contributed by atoms with Gasteiger partial charge in [-0.05, 0) is 43.1 Å². The van der Waals surface area contributed by atoms with E-state index in [4.69, 9.17) is 4.42 Å². The molecule has 0 aliphatic carbocycles. The molecule has 0 amide bonds. The fraction of sp³-hybridized carbons (Fsp3) is 0.389. The maximum absolute atomic E-state index is 9.27. The molecule has 0 spiro atoms. The van der Waals surface area contributed by atoms with Crippen LogP contribution in [0, 0.1) is 11.3 Å². The first-order valence-electron chi connectivity index (χ1n) is 7.64. The lowest BCUT2D eigenvalue weighted by Gasteiger charge is -2.28. The van der Waals surface area contributed by atoms with Crippen LogP contribution < -0.4 is 0 Å². The van der Waals surface area contributed by atoms with Crippen LogP contribution in [-0.2, 0) is 6.54 Å². The molecule has 2 heterocycles. The van der Waals surface area contributed by atoms with E-state index in [9.17, 15) is 5.26 Å². The summed E-state index contributed by atoms with van der Waals surface area (Å²) in [4.78, 5) is 2.46. The Morgan fingerprint density at radius 2 is 2.05 bits per heavy atom. The third kappa shape index (κ3) is 3.17.